The Hall–Kier alpha value is -5.73. The summed E-state index contributed by atoms with van der Waals surface area (Å²) >= 11 is 0. The molecule has 327 valence electrons. The van der Waals surface area contributed by atoms with Crippen molar-refractivity contribution in [3.63, 3.8) is 0 Å². The molecule has 4 saturated heterocycles. The molecule has 0 bridgehead atoms. The predicted octanol–water partition coefficient (Wildman–Crippen LogP) is 7.87. The van der Waals surface area contributed by atoms with Crippen LogP contribution in [0.2, 0.25) is 0 Å². The van der Waals surface area contributed by atoms with Gasteiger partial charge in [0.2, 0.25) is 17.8 Å². The number of nitrogens with zero attached hydrogens (tertiary/aromatic N) is 8. The summed E-state index contributed by atoms with van der Waals surface area (Å²) < 4.78 is 4.83. The number of amides is 3. The number of aromatic amines is 2. The first-order valence-corrected chi connectivity index (χ1v) is 22.7. The highest BCUT2D eigenvalue weighted by Crippen LogP contribution is 2.48. The lowest BCUT2D eigenvalue weighted by Crippen LogP contribution is -2.51. The van der Waals surface area contributed by atoms with E-state index in [0.29, 0.717) is 6.54 Å². The quantitative estimate of drug-likeness (QED) is 0.119. The fourth-order valence-corrected chi connectivity index (χ4v) is 10.2. The van der Waals surface area contributed by atoms with Crippen LogP contribution in [0.5, 0.6) is 0 Å². The molecule has 0 aliphatic carbocycles. The number of imidazole rings is 2. The van der Waals surface area contributed by atoms with Crippen LogP contribution in [0, 0.1) is 18.3 Å². The third-order valence-electron chi connectivity index (χ3n) is 13.3. The van der Waals surface area contributed by atoms with Crippen LogP contribution in [0.25, 0.3) is 22.1 Å². The number of methoxy groups -OCH3 is 1. The van der Waals surface area contributed by atoms with E-state index in [2.05, 4.69) is 61.5 Å². The fourth-order valence-electron chi connectivity index (χ4n) is 10.2. The molecule has 7 heterocycles. The number of carbonyl (C=O) groups is 3. The highest BCUT2D eigenvalue weighted by molar-refractivity contribution is 5.87. The number of carbonyl (C=O) groups excluding carboxylic acids is 3. The zero-order chi connectivity index (χ0) is 43.1. The third kappa shape index (κ3) is 8.17. The maximum absolute atomic E-state index is 13.9. The van der Waals surface area contributed by atoms with Crippen LogP contribution < -0.4 is 15.1 Å². The molecule has 4 aliphatic rings. The molecular formula is C47H60N11O4. The van der Waals surface area contributed by atoms with Crippen molar-refractivity contribution in [2.75, 3.05) is 43.1 Å². The van der Waals surface area contributed by atoms with Crippen molar-refractivity contribution in [2.45, 2.75) is 116 Å². The molecule has 0 unspecified atom stereocenters. The molecule has 4 fully saturated rings. The lowest BCUT2D eigenvalue weighted by molar-refractivity contribution is -0.135. The molecule has 9 rings (SSSR count). The minimum Gasteiger partial charge on any atom is -0.453 e. The predicted molar refractivity (Wildman–Crippen MR) is 238 cm³/mol. The van der Waals surface area contributed by atoms with E-state index in [1.54, 1.807) is 6.42 Å². The summed E-state index contributed by atoms with van der Waals surface area (Å²) in [5.74, 6) is 2.40. The van der Waals surface area contributed by atoms with Crippen LogP contribution >= 0.6 is 0 Å². The molecule has 3 N–H and O–H groups in total. The van der Waals surface area contributed by atoms with E-state index < -0.39 is 12.1 Å². The summed E-state index contributed by atoms with van der Waals surface area (Å²) in [6.45, 7) is 11.2. The van der Waals surface area contributed by atoms with Crippen molar-refractivity contribution in [1.82, 2.24) is 45.0 Å². The number of fused-ring (bicyclic) bond motifs is 2. The largest absolute Gasteiger partial charge is 0.453 e. The number of hydrogen-bond donors (Lipinski definition) is 3. The second-order valence-corrected chi connectivity index (χ2v) is 18.3. The van der Waals surface area contributed by atoms with Crippen molar-refractivity contribution >= 4 is 51.6 Å². The third-order valence-corrected chi connectivity index (χ3v) is 13.3. The smallest absolute Gasteiger partial charge is 0.407 e. The standard InChI is InChI=1S/C47H60N11O4/c1-28(2)23-41(59)56-21-9-11-39(56)43-50-33-15-13-30(24-35(33)52-43)37-17-18-38(58(37)32-26-48-46(49-27-32)55-19-7-6-8-20-55)31-14-16-34-36(25-31)53-44(51-34)40-12-10-22-57(40)45(60)42(29(3)4)54-47(61)62-5/h13-16,23-29,37-40,42H,6-12,17-22H2,1-5H3,(H,50,52)(H,51,53)(H,54,61)/t37-,38-,39+,40+,42+/m1/s1. The number of benzene rings is 2. The topological polar surface area (TPSA) is 169 Å². The van der Waals surface area contributed by atoms with E-state index in [1.165, 1.54) is 19.1 Å². The molecule has 15 heteroatoms. The van der Waals surface area contributed by atoms with Gasteiger partial charge < -0.3 is 39.6 Å². The molecule has 0 saturated carbocycles. The van der Waals surface area contributed by atoms with Crippen molar-refractivity contribution in [3.8, 4) is 0 Å². The Morgan fingerprint density at radius 1 is 0.726 bits per heavy atom. The first-order chi connectivity index (χ1) is 30.1. The number of ether oxygens (including phenoxy) is 1. The van der Waals surface area contributed by atoms with E-state index in [0.717, 1.165) is 122 Å². The second-order valence-electron chi connectivity index (χ2n) is 18.3. The Kier molecular flexibility index (Phi) is 11.8. The molecule has 62 heavy (non-hydrogen) atoms. The molecule has 2 aromatic carbocycles. The van der Waals surface area contributed by atoms with Gasteiger partial charge in [-0.2, -0.15) is 0 Å². The Bertz CT molecular complexity index is 2400. The maximum Gasteiger partial charge on any atom is 0.407 e. The molecular weight excluding hydrogens is 783 g/mol. The average Bonchev–Trinajstić information content (AvgIpc) is 4.13. The van der Waals surface area contributed by atoms with E-state index >= 15 is 0 Å². The number of alkyl carbamates (subject to hydrolysis) is 1. The lowest BCUT2D eigenvalue weighted by Gasteiger charge is -2.33. The van der Waals surface area contributed by atoms with Crippen LogP contribution in [0.4, 0.5) is 16.4 Å². The van der Waals surface area contributed by atoms with Gasteiger partial charge >= 0.3 is 6.09 Å². The number of H-pyrrole nitrogens is 2. The molecule has 5 aromatic rings. The van der Waals surface area contributed by atoms with Crippen molar-refractivity contribution in [3.05, 3.63) is 78.0 Å². The number of aromatic nitrogens is 6. The summed E-state index contributed by atoms with van der Waals surface area (Å²) in [5.41, 5.74) is 6.94. The Morgan fingerprint density at radius 3 is 1.84 bits per heavy atom. The van der Waals surface area contributed by atoms with Crippen LogP contribution in [0.15, 0.2) is 48.8 Å². The highest BCUT2D eigenvalue weighted by atomic mass is 16.5. The van der Waals surface area contributed by atoms with Gasteiger partial charge in [-0.25, -0.2) is 24.7 Å². The van der Waals surface area contributed by atoms with Gasteiger partial charge in [0.1, 0.15) is 17.7 Å². The first-order valence-electron chi connectivity index (χ1n) is 22.7. The van der Waals surface area contributed by atoms with Gasteiger partial charge in [-0.3, -0.25) is 9.59 Å². The molecule has 0 spiro atoms. The number of piperidine rings is 1. The number of nitrogens with one attached hydrogen (secondary N) is 3. The molecule has 1 radical (unpaired) electrons. The number of hydrogen-bond acceptors (Lipinski definition) is 10. The number of anilines is 2. The monoisotopic (exact) mass is 842 g/mol. The van der Waals surface area contributed by atoms with Gasteiger partial charge in [-0.1, -0.05) is 39.8 Å². The van der Waals surface area contributed by atoms with E-state index in [-0.39, 0.29) is 47.8 Å². The van der Waals surface area contributed by atoms with Crippen LogP contribution in [-0.2, 0) is 14.3 Å². The average molecular weight is 843 g/mol. The summed E-state index contributed by atoms with van der Waals surface area (Å²) in [4.78, 5) is 74.9. The van der Waals surface area contributed by atoms with Crippen molar-refractivity contribution in [1.29, 1.82) is 0 Å². The molecule has 4 aliphatic heterocycles. The van der Waals surface area contributed by atoms with Crippen LogP contribution in [0.3, 0.4) is 0 Å². The SMILES string of the molecule is COC(=O)N[C@H](C(=O)N1CCC[C@H]1c1nc2ccc([C@H]3CC[C@H](c4ccc5nc([C@@H]6CCCN6C(=O)[CH]C(C)C)[nH]c5c4)N3c3cnc(N4CCCCC4)nc3)cc2[nH]1)C(C)C. The van der Waals surface area contributed by atoms with Gasteiger partial charge in [-0.05, 0) is 105 Å². The second kappa shape index (κ2) is 17.6. The Morgan fingerprint density at radius 2 is 1.29 bits per heavy atom. The minimum absolute atomic E-state index is 0.0321. The first kappa shape index (κ1) is 41.6. The minimum atomic E-state index is -0.698. The Labute approximate surface area is 363 Å². The van der Waals surface area contributed by atoms with Gasteiger partial charge in [0, 0.05) is 26.2 Å². The normalized spacial score (nSPS) is 22.4. The van der Waals surface area contributed by atoms with Gasteiger partial charge in [0.25, 0.3) is 0 Å². The van der Waals surface area contributed by atoms with Gasteiger partial charge in [0.05, 0.1) is 77.8 Å². The van der Waals surface area contributed by atoms with E-state index in [1.807, 2.05) is 49.9 Å². The molecule has 3 aromatic heterocycles. The number of rotatable bonds is 11. The van der Waals surface area contributed by atoms with Gasteiger partial charge in [-0.15, -0.1) is 0 Å². The van der Waals surface area contributed by atoms with Crippen LogP contribution in [-0.4, -0.2) is 96.9 Å². The van der Waals surface area contributed by atoms with Crippen LogP contribution in [0.1, 0.15) is 132 Å². The van der Waals surface area contributed by atoms with Gasteiger partial charge in [0.15, 0.2) is 0 Å². The zero-order valence-corrected chi connectivity index (χ0v) is 36.6. The summed E-state index contributed by atoms with van der Waals surface area (Å²) in [5, 5.41) is 2.75. The van der Waals surface area contributed by atoms with E-state index in [9.17, 15) is 14.4 Å². The zero-order valence-electron chi connectivity index (χ0n) is 36.6. The molecule has 5 atom stereocenters. The van der Waals surface area contributed by atoms with E-state index in [4.69, 9.17) is 24.7 Å². The highest BCUT2D eigenvalue weighted by Gasteiger charge is 2.40. The van der Waals surface area contributed by atoms with Crippen molar-refractivity contribution in [2.24, 2.45) is 11.8 Å². The summed E-state index contributed by atoms with van der Waals surface area (Å²) in [7, 11) is 1.31. The molecule has 3 amide bonds. The fraction of sp³-hybridized carbons (Fsp3) is 0.532. The lowest BCUT2D eigenvalue weighted by atomic mass is 10.0. The summed E-state index contributed by atoms with van der Waals surface area (Å²) in [6.07, 6.45) is 14.0. The molecule has 15 nitrogen and oxygen atoms in total. The maximum atomic E-state index is 13.9. The Balaban J connectivity index is 1.02. The van der Waals surface area contributed by atoms with Crippen molar-refractivity contribution < 1.29 is 19.1 Å². The number of likely N-dealkylation sites (tertiary alicyclic amines) is 2. The summed E-state index contributed by atoms with van der Waals surface area (Å²) in [6, 6.07) is 12.1.